The van der Waals surface area contributed by atoms with Crippen LogP contribution in [0.2, 0.25) is 0 Å². The highest BCUT2D eigenvalue weighted by atomic mass is 32.2. The van der Waals surface area contributed by atoms with Crippen molar-refractivity contribution in [2.75, 3.05) is 18.2 Å². The van der Waals surface area contributed by atoms with E-state index < -0.39 is 0 Å². The van der Waals surface area contributed by atoms with E-state index in [-0.39, 0.29) is 5.75 Å². The van der Waals surface area contributed by atoms with Gasteiger partial charge in [0, 0.05) is 16.6 Å². The highest BCUT2D eigenvalue weighted by Crippen LogP contribution is 2.34. The molecule has 0 saturated carbocycles. The van der Waals surface area contributed by atoms with Crippen LogP contribution in [0.25, 0.3) is 0 Å². The summed E-state index contributed by atoms with van der Waals surface area (Å²) in [6.45, 7) is 0. The highest BCUT2D eigenvalue weighted by Gasteiger charge is 2.04. The number of anilines is 1. The smallest absolute Gasteiger partial charge is 0.131 e. The second kappa shape index (κ2) is 3.96. The molecule has 1 rings (SSSR count). The minimum atomic E-state index is 0.262. The van der Waals surface area contributed by atoms with Crippen LogP contribution in [0.15, 0.2) is 21.9 Å². The minimum Gasteiger partial charge on any atom is -0.507 e. The van der Waals surface area contributed by atoms with E-state index in [2.05, 4.69) is 0 Å². The third kappa shape index (κ3) is 1.81. The molecule has 0 aromatic heterocycles. The molecule has 0 spiro atoms. The van der Waals surface area contributed by atoms with E-state index >= 15 is 0 Å². The molecule has 4 heteroatoms. The summed E-state index contributed by atoms with van der Waals surface area (Å²) in [6.07, 6.45) is 3.89. The molecular formula is C8H11NOS2. The lowest BCUT2D eigenvalue weighted by Crippen LogP contribution is -1.88. The Balaban J connectivity index is 3.18. The van der Waals surface area contributed by atoms with Crippen LogP contribution >= 0.6 is 23.5 Å². The SMILES string of the molecule is CSc1cc(SC)c(O)cc1N. The first kappa shape index (κ1) is 9.61. The van der Waals surface area contributed by atoms with Crippen molar-refractivity contribution in [1.82, 2.24) is 0 Å². The highest BCUT2D eigenvalue weighted by molar-refractivity contribution is 7.99. The van der Waals surface area contributed by atoms with Gasteiger partial charge >= 0.3 is 0 Å². The van der Waals surface area contributed by atoms with Crippen molar-refractivity contribution in [3.05, 3.63) is 12.1 Å². The number of hydrogen-bond acceptors (Lipinski definition) is 4. The summed E-state index contributed by atoms with van der Waals surface area (Å²) in [4.78, 5) is 1.88. The van der Waals surface area contributed by atoms with Crippen molar-refractivity contribution in [3.8, 4) is 5.75 Å². The Hall–Kier alpha value is -0.480. The van der Waals surface area contributed by atoms with Gasteiger partial charge in [-0.25, -0.2) is 0 Å². The molecule has 0 heterocycles. The Labute approximate surface area is 80.5 Å². The van der Waals surface area contributed by atoms with Crippen LogP contribution in [0.3, 0.4) is 0 Å². The van der Waals surface area contributed by atoms with E-state index in [9.17, 15) is 5.11 Å². The Bertz CT molecular complexity index is 263. The van der Waals surface area contributed by atoms with Crippen molar-refractivity contribution >= 4 is 29.2 Å². The quantitative estimate of drug-likeness (QED) is 0.570. The van der Waals surface area contributed by atoms with Gasteiger partial charge in [0.2, 0.25) is 0 Å². The lowest BCUT2D eigenvalue weighted by atomic mass is 10.3. The summed E-state index contributed by atoms with van der Waals surface area (Å²) in [5.74, 6) is 0.262. The van der Waals surface area contributed by atoms with Gasteiger partial charge in [-0.15, -0.1) is 23.5 Å². The number of phenols is 1. The second-order valence-corrected chi connectivity index (χ2v) is 3.96. The lowest BCUT2D eigenvalue weighted by Gasteiger charge is -2.06. The largest absolute Gasteiger partial charge is 0.507 e. The fraction of sp³-hybridized carbons (Fsp3) is 0.250. The van der Waals surface area contributed by atoms with Crippen LogP contribution in [0.4, 0.5) is 5.69 Å². The predicted molar refractivity (Wildman–Crippen MR) is 56.1 cm³/mol. The van der Waals surface area contributed by atoms with E-state index in [1.165, 1.54) is 11.8 Å². The molecular weight excluding hydrogens is 190 g/mol. The molecule has 1 aromatic rings. The zero-order valence-electron chi connectivity index (χ0n) is 7.00. The maximum Gasteiger partial charge on any atom is 0.131 e. The molecule has 0 fully saturated rings. The molecule has 0 bridgehead atoms. The van der Waals surface area contributed by atoms with Gasteiger partial charge < -0.3 is 10.8 Å². The lowest BCUT2D eigenvalue weighted by molar-refractivity contribution is 0.462. The van der Waals surface area contributed by atoms with Crippen molar-refractivity contribution in [1.29, 1.82) is 0 Å². The van der Waals surface area contributed by atoms with Crippen LogP contribution < -0.4 is 5.73 Å². The minimum absolute atomic E-state index is 0.262. The number of benzene rings is 1. The summed E-state index contributed by atoms with van der Waals surface area (Å²) < 4.78 is 0. The van der Waals surface area contributed by atoms with E-state index in [4.69, 9.17) is 5.73 Å². The predicted octanol–water partition coefficient (Wildman–Crippen LogP) is 2.42. The number of nitrogens with two attached hydrogens (primary N) is 1. The van der Waals surface area contributed by atoms with Crippen molar-refractivity contribution < 1.29 is 5.11 Å². The van der Waals surface area contributed by atoms with Gasteiger partial charge in [0.15, 0.2) is 0 Å². The third-order valence-electron chi connectivity index (χ3n) is 1.53. The van der Waals surface area contributed by atoms with Crippen molar-refractivity contribution in [3.63, 3.8) is 0 Å². The van der Waals surface area contributed by atoms with Crippen LogP contribution in [0.1, 0.15) is 0 Å². The fourth-order valence-electron chi connectivity index (χ4n) is 0.906. The molecule has 0 radical (unpaired) electrons. The maximum absolute atomic E-state index is 9.40. The van der Waals surface area contributed by atoms with Gasteiger partial charge in [-0.3, -0.25) is 0 Å². The normalized spacial score (nSPS) is 10.2. The molecule has 1 aromatic carbocycles. The van der Waals surface area contributed by atoms with E-state index in [0.29, 0.717) is 5.69 Å². The molecule has 12 heavy (non-hydrogen) atoms. The van der Waals surface area contributed by atoms with Gasteiger partial charge in [-0.05, 0) is 18.6 Å². The zero-order chi connectivity index (χ0) is 9.14. The summed E-state index contributed by atoms with van der Waals surface area (Å²) >= 11 is 3.10. The number of phenolic OH excluding ortho intramolecular Hbond substituents is 1. The number of aromatic hydroxyl groups is 1. The molecule has 3 N–H and O–H groups in total. The van der Waals surface area contributed by atoms with Gasteiger partial charge in [-0.1, -0.05) is 0 Å². The van der Waals surface area contributed by atoms with E-state index in [1.807, 2.05) is 18.6 Å². The Morgan fingerprint density at radius 2 is 1.75 bits per heavy atom. The summed E-state index contributed by atoms with van der Waals surface area (Å²) in [6, 6.07) is 3.50. The first-order chi connectivity index (χ1) is 5.69. The van der Waals surface area contributed by atoms with Crippen LogP contribution in [0.5, 0.6) is 5.75 Å². The van der Waals surface area contributed by atoms with Crippen molar-refractivity contribution in [2.45, 2.75) is 9.79 Å². The van der Waals surface area contributed by atoms with Gasteiger partial charge in [0.25, 0.3) is 0 Å². The van der Waals surface area contributed by atoms with Crippen LogP contribution in [-0.2, 0) is 0 Å². The molecule has 0 atom stereocenters. The molecule has 0 saturated heterocycles. The molecule has 66 valence electrons. The van der Waals surface area contributed by atoms with Gasteiger partial charge in [0.05, 0.1) is 4.90 Å². The summed E-state index contributed by atoms with van der Waals surface area (Å²) in [5.41, 5.74) is 6.30. The number of thioether (sulfide) groups is 2. The Morgan fingerprint density at radius 1 is 1.17 bits per heavy atom. The Kier molecular flexibility index (Phi) is 3.17. The number of hydrogen-bond donors (Lipinski definition) is 2. The monoisotopic (exact) mass is 201 g/mol. The van der Waals surface area contributed by atoms with Crippen molar-refractivity contribution in [2.24, 2.45) is 0 Å². The van der Waals surface area contributed by atoms with E-state index in [0.717, 1.165) is 9.79 Å². The molecule has 0 amide bonds. The average molecular weight is 201 g/mol. The Morgan fingerprint density at radius 3 is 2.25 bits per heavy atom. The summed E-state index contributed by atoms with van der Waals surface area (Å²) in [5, 5.41) is 9.40. The fourth-order valence-corrected chi connectivity index (χ4v) is 2.01. The topological polar surface area (TPSA) is 46.2 Å². The first-order valence-electron chi connectivity index (χ1n) is 3.39. The van der Waals surface area contributed by atoms with E-state index in [1.54, 1.807) is 17.8 Å². The molecule has 0 aliphatic carbocycles. The van der Waals surface area contributed by atoms with Gasteiger partial charge in [-0.2, -0.15) is 0 Å². The third-order valence-corrected chi connectivity index (χ3v) is 3.09. The molecule has 2 nitrogen and oxygen atoms in total. The zero-order valence-corrected chi connectivity index (χ0v) is 8.63. The maximum atomic E-state index is 9.40. The molecule has 0 aliphatic heterocycles. The van der Waals surface area contributed by atoms with Crippen LogP contribution in [-0.4, -0.2) is 17.6 Å². The second-order valence-electron chi connectivity index (χ2n) is 2.27. The first-order valence-corrected chi connectivity index (χ1v) is 5.84. The van der Waals surface area contributed by atoms with Gasteiger partial charge in [0.1, 0.15) is 5.75 Å². The number of nitrogen functional groups attached to an aromatic ring is 1. The standard InChI is InChI=1S/C8H11NOS2/c1-11-7-4-8(12-2)6(10)3-5(7)9/h3-4,10H,9H2,1-2H3. The van der Waals surface area contributed by atoms with Crippen LogP contribution in [0, 0.1) is 0 Å². The summed E-state index contributed by atoms with van der Waals surface area (Å²) in [7, 11) is 0. The molecule has 0 aliphatic rings. The molecule has 0 unspecified atom stereocenters. The average Bonchev–Trinajstić information content (AvgIpc) is 2.05. The number of rotatable bonds is 2.